The summed E-state index contributed by atoms with van der Waals surface area (Å²) in [6.45, 7) is 8.05. The predicted octanol–water partition coefficient (Wildman–Crippen LogP) is 2.50. The van der Waals surface area contributed by atoms with Gasteiger partial charge in [0.25, 0.3) is 0 Å². The van der Waals surface area contributed by atoms with Gasteiger partial charge in [0, 0.05) is 6.54 Å². The minimum atomic E-state index is -0.623. The van der Waals surface area contributed by atoms with Crippen LogP contribution in [0.5, 0.6) is 0 Å². The summed E-state index contributed by atoms with van der Waals surface area (Å²) in [4.78, 5) is 44.9. The maximum atomic E-state index is 13.3. The molecule has 0 fully saturated rings. The topological polar surface area (TPSA) is 98.4 Å². The van der Waals surface area contributed by atoms with Crippen molar-refractivity contribution in [3.05, 3.63) is 91.3 Å². The molecule has 0 bridgehead atoms. The SMILES string of the molecule is CCOC(=O)CCn1c(=O)[nH]/c(=N\c2ccc(C)c(C)c2)n(Cc2ccc(C)cc2)c1=O. The first-order valence-electron chi connectivity index (χ1n) is 10.6. The second kappa shape index (κ2) is 10.1. The van der Waals surface area contributed by atoms with Gasteiger partial charge in [-0.1, -0.05) is 35.9 Å². The zero-order valence-corrected chi connectivity index (χ0v) is 18.8. The number of hydrogen-bond acceptors (Lipinski definition) is 5. The molecule has 0 aliphatic rings. The minimum Gasteiger partial charge on any atom is -0.466 e. The first kappa shape index (κ1) is 23.0. The quantitative estimate of drug-likeness (QED) is 0.575. The van der Waals surface area contributed by atoms with E-state index in [2.05, 4.69) is 9.98 Å². The molecule has 1 aromatic heterocycles. The van der Waals surface area contributed by atoms with Gasteiger partial charge in [-0.25, -0.2) is 19.1 Å². The molecule has 32 heavy (non-hydrogen) atoms. The third-order valence-electron chi connectivity index (χ3n) is 5.21. The molecule has 0 unspecified atom stereocenters. The zero-order valence-electron chi connectivity index (χ0n) is 18.8. The van der Waals surface area contributed by atoms with Gasteiger partial charge in [-0.05, 0) is 56.5 Å². The lowest BCUT2D eigenvalue weighted by Crippen LogP contribution is -2.50. The highest BCUT2D eigenvalue weighted by molar-refractivity contribution is 5.69. The fourth-order valence-electron chi connectivity index (χ4n) is 3.21. The molecule has 3 aromatic rings. The minimum absolute atomic E-state index is 0.0744. The summed E-state index contributed by atoms with van der Waals surface area (Å²) in [7, 11) is 0. The highest BCUT2D eigenvalue weighted by Gasteiger charge is 2.12. The highest BCUT2D eigenvalue weighted by Crippen LogP contribution is 2.16. The molecule has 0 saturated carbocycles. The maximum absolute atomic E-state index is 13.3. The third kappa shape index (κ3) is 5.51. The van der Waals surface area contributed by atoms with Gasteiger partial charge < -0.3 is 4.74 Å². The largest absolute Gasteiger partial charge is 0.466 e. The molecule has 3 rings (SSSR count). The molecular weight excluding hydrogens is 408 g/mol. The average Bonchev–Trinajstić information content (AvgIpc) is 2.75. The predicted molar refractivity (Wildman–Crippen MR) is 122 cm³/mol. The Kier molecular flexibility index (Phi) is 7.25. The first-order chi connectivity index (χ1) is 15.3. The van der Waals surface area contributed by atoms with Crippen molar-refractivity contribution in [1.29, 1.82) is 0 Å². The van der Waals surface area contributed by atoms with Crippen LogP contribution in [0.4, 0.5) is 5.69 Å². The second-order valence-corrected chi connectivity index (χ2v) is 7.70. The van der Waals surface area contributed by atoms with Crippen LogP contribution in [0.2, 0.25) is 0 Å². The summed E-state index contributed by atoms with van der Waals surface area (Å²) in [6.07, 6.45) is -0.0744. The summed E-state index contributed by atoms with van der Waals surface area (Å²) in [5.41, 5.74) is 3.79. The van der Waals surface area contributed by atoms with E-state index in [1.165, 1.54) is 4.57 Å². The highest BCUT2D eigenvalue weighted by atomic mass is 16.5. The fourth-order valence-corrected chi connectivity index (χ4v) is 3.21. The fraction of sp³-hybridized carbons (Fsp3) is 0.333. The van der Waals surface area contributed by atoms with E-state index in [0.717, 1.165) is 26.8 Å². The summed E-state index contributed by atoms with van der Waals surface area (Å²) in [6, 6.07) is 13.4. The Labute approximate surface area is 185 Å². The van der Waals surface area contributed by atoms with E-state index in [0.29, 0.717) is 5.69 Å². The Balaban J connectivity index is 2.12. The molecule has 0 amide bonds. The molecule has 8 heteroatoms. The molecule has 0 atom stereocenters. The molecule has 8 nitrogen and oxygen atoms in total. The number of nitrogens with zero attached hydrogens (tertiary/aromatic N) is 3. The van der Waals surface area contributed by atoms with Gasteiger partial charge in [0.05, 0.1) is 25.3 Å². The first-order valence-corrected chi connectivity index (χ1v) is 10.6. The molecule has 1 N–H and O–H groups in total. The second-order valence-electron chi connectivity index (χ2n) is 7.70. The number of aryl methyl sites for hydroxylation is 3. The van der Waals surface area contributed by atoms with Crippen molar-refractivity contribution in [1.82, 2.24) is 14.1 Å². The van der Waals surface area contributed by atoms with Gasteiger partial charge in [0.2, 0.25) is 5.62 Å². The van der Waals surface area contributed by atoms with Gasteiger partial charge >= 0.3 is 17.3 Å². The van der Waals surface area contributed by atoms with Crippen LogP contribution in [0.25, 0.3) is 0 Å². The maximum Gasteiger partial charge on any atom is 0.335 e. The van der Waals surface area contributed by atoms with Crippen molar-refractivity contribution < 1.29 is 9.53 Å². The van der Waals surface area contributed by atoms with Crippen LogP contribution in [0.1, 0.15) is 35.6 Å². The van der Waals surface area contributed by atoms with Crippen LogP contribution in [0.15, 0.2) is 57.0 Å². The third-order valence-corrected chi connectivity index (χ3v) is 5.21. The van der Waals surface area contributed by atoms with E-state index in [9.17, 15) is 14.4 Å². The molecular formula is C24H28N4O4. The molecule has 0 spiro atoms. The van der Waals surface area contributed by atoms with Gasteiger partial charge in [0.15, 0.2) is 0 Å². The van der Waals surface area contributed by atoms with Crippen molar-refractivity contribution >= 4 is 11.7 Å². The number of ether oxygens (including phenoxy) is 1. The number of aromatic amines is 1. The lowest BCUT2D eigenvalue weighted by molar-refractivity contribution is -0.143. The molecule has 2 aromatic carbocycles. The summed E-state index contributed by atoms with van der Waals surface area (Å²) in [5, 5.41) is 0. The smallest absolute Gasteiger partial charge is 0.335 e. The number of benzene rings is 2. The monoisotopic (exact) mass is 436 g/mol. The number of nitrogens with one attached hydrogen (secondary N) is 1. The summed E-state index contributed by atoms with van der Waals surface area (Å²) < 4.78 is 7.33. The van der Waals surface area contributed by atoms with Crippen LogP contribution in [0.3, 0.4) is 0 Å². The molecule has 0 saturated heterocycles. The summed E-state index contributed by atoms with van der Waals surface area (Å²) in [5.74, 6) is -0.465. The lowest BCUT2D eigenvalue weighted by Gasteiger charge is -2.11. The standard InChI is InChI=1S/C24H28N4O4/c1-5-32-21(29)12-13-27-23(30)26-22(25-20-11-8-17(3)18(4)14-20)28(24(27)31)15-19-9-6-16(2)7-10-19/h6-11,14H,5,12-13,15H2,1-4H3,(H,25,26,30). The number of H-pyrrole nitrogens is 1. The molecule has 0 aliphatic carbocycles. The van der Waals surface area contributed by atoms with Crippen molar-refractivity contribution in [2.24, 2.45) is 4.99 Å². The molecule has 0 radical (unpaired) electrons. The van der Waals surface area contributed by atoms with Gasteiger partial charge in [-0.3, -0.25) is 14.3 Å². The Morgan fingerprint density at radius 2 is 1.72 bits per heavy atom. The number of carbonyl (C=O) groups excluding carboxylic acids is 1. The Bertz CT molecular complexity index is 1300. The normalized spacial score (nSPS) is 11.6. The molecule has 1 heterocycles. The van der Waals surface area contributed by atoms with E-state index in [1.54, 1.807) is 6.92 Å². The van der Waals surface area contributed by atoms with Crippen LogP contribution >= 0.6 is 0 Å². The van der Waals surface area contributed by atoms with Crippen molar-refractivity contribution in [2.45, 2.75) is 47.2 Å². The Morgan fingerprint density at radius 3 is 2.38 bits per heavy atom. The number of esters is 1. The van der Waals surface area contributed by atoms with Gasteiger partial charge in [0.1, 0.15) is 0 Å². The van der Waals surface area contributed by atoms with Gasteiger partial charge in [-0.2, -0.15) is 0 Å². The lowest BCUT2D eigenvalue weighted by atomic mass is 10.1. The number of hydrogen-bond donors (Lipinski definition) is 1. The zero-order chi connectivity index (χ0) is 23.3. The van der Waals surface area contributed by atoms with Crippen LogP contribution in [-0.4, -0.2) is 26.7 Å². The van der Waals surface area contributed by atoms with Gasteiger partial charge in [-0.15, -0.1) is 0 Å². The van der Waals surface area contributed by atoms with Crippen LogP contribution in [0, 0.1) is 20.8 Å². The van der Waals surface area contributed by atoms with E-state index < -0.39 is 17.3 Å². The van der Waals surface area contributed by atoms with Crippen molar-refractivity contribution in [3.8, 4) is 0 Å². The van der Waals surface area contributed by atoms with E-state index in [-0.39, 0.29) is 31.7 Å². The van der Waals surface area contributed by atoms with Crippen LogP contribution < -0.4 is 17.0 Å². The van der Waals surface area contributed by atoms with Crippen LogP contribution in [-0.2, 0) is 22.6 Å². The number of rotatable bonds is 7. The average molecular weight is 437 g/mol. The Hall–Kier alpha value is -3.68. The van der Waals surface area contributed by atoms with Crippen molar-refractivity contribution in [2.75, 3.05) is 6.61 Å². The number of carbonyl (C=O) groups is 1. The molecule has 168 valence electrons. The van der Waals surface area contributed by atoms with E-state index in [4.69, 9.17) is 4.74 Å². The van der Waals surface area contributed by atoms with E-state index in [1.807, 2.05) is 63.2 Å². The molecule has 0 aliphatic heterocycles. The van der Waals surface area contributed by atoms with E-state index >= 15 is 0 Å². The number of aromatic nitrogens is 3. The van der Waals surface area contributed by atoms with Crippen molar-refractivity contribution in [3.63, 3.8) is 0 Å². The Morgan fingerprint density at radius 1 is 1.00 bits per heavy atom. The summed E-state index contributed by atoms with van der Waals surface area (Å²) >= 11 is 0.